The molecule has 3 aromatic rings. The van der Waals surface area contributed by atoms with Crippen molar-refractivity contribution in [3.63, 3.8) is 0 Å². The topological polar surface area (TPSA) is 69.7 Å². The van der Waals surface area contributed by atoms with Gasteiger partial charge in [-0.1, -0.05) is 0 Å². The average molecular weight is 352 g/mol. The zero-order valence-corrected chi connectivity index (χ0v) is 14.4. The van der Waals surface area contributed by atoms with E-state index in [2.05, 4.69) is 30.6 Å². The lowest BCUT2D eigenvalue weighted by atomic mass is 10.0. The van der Waals surface area contributed by atoms with E-state index in [1.165, 1.54) is 12.1 Å². The number of hydrogen-bond donors (Lipinski definition) is 2. The van der Waals surface area contributed by atoms with Crippen molar-refractivity contribution in [2.24, 2.45) is 0 Å². The summed E-state index contributed by atoms with van der Waals surface area (Å²) in [5, 5.41) is 19.0. The van der Waals surface area contributed by atoms with Crippen molar-refractivity contribution in [2.45, 2.75) is 25.4 Å². The van der Waals surface area contributed by atoms with Crippen molar-refractivity contribution in [3.05, 3.63) is 60.2 Å². The summed E-state index contributed by atoms with van der Waals surface area (Å²) in [4.78, 5) is 2.27. The Bertz CT molecular complexity index is 833. The lowest BCUT2D eigenvalue weighted by Gasteiger charge is -2.33. The molecule has 1 atom stereocenters. The molecule has 0 amide bonds. The molecule has 2 N–H and O–H groups in total. The number of aromatic amines is 1. The second kappa shape index (κ2) is 7.61. The van der Waals surface area contributed by atoms with Crippen LogP contribution in [0.4, 0.5) is 10.2 Å². The lowest BCUT2D eigenvalue weighted by Crippen LogP contribution is -2.45. The molecule has 0 spiro atoms. The Kier molecular flexibility index (Phi) is 4.88. The molecule has 0 saturated carbocycles. The van der Waals surface area contributed by atoms with Crippen LogP contribution in [0.15, 0.2) is 48.8 Å². The highest BCUT2D eigenvalue weighted by atomic mass is 19.1. The molecule has 4 rings (SSSR count). The van der Waals surface area contributed by atoms with Crippen molar-refractivity contribution < 1.29 is 4.39 Å². The number of H-pyrrole nitrogens is 1. The molecule has 1 saturated heterocycles. The van der Waals surface area contributed by atoms with Gasteiger partial charge < -0.3 is 10.2 Å². The van der Waals surface area contributed by atoms with Gasteiger partial charge >= 0.3 is 0 Å². The highest BCUT2D eigenvalue weighted by Gasteiger charge is 2.21. The van der Waals surface area contributed by atoms with Crippen molar-refractivity contribution in [3.8, 4) is 11.3 Å². The summed E-state index contributed by atoms with van der Waals surface area (Å²) in [5.74, 6) is 0.688. The number of piperidine rings is 1. The van der Waals surface area contributed by atoms with Gasteiger partial charge in [0.15, 0.2) is 5.82 Å². The normalized spacial score (nSPS) is 17.4. The Hall–Kier alpha value is -2.80. The predicted octanol–water partition coefficient (Wildman–Crippen LogP) is 2.76. The summed E-state index contributed by atoms with van der Waals surface area (Å²) >= 11 is 0. The van der Waals surface area contributed by atoms with E-state index in [1.807, 2.05) is 18.3 Å². The Balaban J connectivity index is 1.40. The maximum absolute atomic E-state index is 13.1. The van der Waals surface area contributed by atoms with Crippen LogP contribution in [0.2, 0.25) is 0 Å². The zero-order chi connectivity index (χ0) is 17.8. The maximum atomic E-state index is 13.1. The van der Waals surface area contributed by atoms with Gasteiger partial charge in [0.1, 0.15) is 5.82 Å². The molecule has 1 aliphatic rings. The van der Waals surface area contributed by atoms with E-state index >= 15 is 0 Å². The van der Waals surface area contributed by atoms with Crippen LogP contribution in [0.1, 0.15) is 18.4 Å². The van der Waals surface area contributed by atoms with Crippen LogP contribution in [-0.4, -0.2) is 39.5 Å². The summed E-state index contributed by atoms with van der Waals surface area (Å²) in [7, 11) is 0. The second-order valence-electron chi connectivity index (χ2n) is 6.53. The third kappa shape index (κ3) is 3.72. The summed E-state index contributed by atoms with van der Waals surface area (Å²) in [6.07, 6.45) is 5.76. The van der Waals surface area contributed by atoms with Crippen LogP contribution in [-0.2, 0) is 6.54 Å². The van der Waals surface area contributed by atoms with E-state index in [0.29, 0.717) is 12.6 Å². The van der Waals surface area contributed by atoms with Gasteiger partial charge in [0, 0.05) is 43.0 Å². The van der Waals surface area contributed by atoms with Gasteiger partial charge in [0.05, 0.1) is 11.9 Å². The Morgan fingerprint density at radius 3 is 2.92 bits per heavy atom. The number of aromatic nitrogens is 4. The third-order valence-corrected chi connectivity index (χ3v) is 4.74. The average Bonchev–Trinajstić information content (AvgIpc) is 3.16. The molecule has 7 heteroatoms. The van der Waals surface area contributed by atoms with Crippen molar-refractivity contribution in [1.29, 1.82) is 0 Å². The SMILES string of the molecule is Fc1ccc(-c2[nH]ncc2CN[C@H]2CCCN(c3cccnn3)C2)cc1. The highest BCUT2D eigenvalue weighted by molar-refractivity contribution is 5.62. The molecule has 26 heavy (non-hydrogen) atoms. The zero-order valence-electron chi connectivity index (χ0n) is 14.4. The molecule has 134 valence electrons. The van der Waals surface area contributed by atoms with E-state index in [9.17, 15) is 4.39 Å². The van der Waals surface area contributed by atoms with E-state index in [0.717, 1.165) is 48.6 Å². The molecule has 6 nitrogen and oxygen atoms in total. The van der Waals surface area contributed by atoms with E-state index in [4.69, 9.17) is 0 Å². The van der Waals surface area contributed by atoms with Crippen LogP contribution in [0, 0.1) is 5.82 Å². The Labute approximate surface area is 151 Å². The van der Waals surface area contributed by atoms with Crippen LogP contribution in [0.3, 0.4) is 0 Å². The number of nitrogens with zero attached hydrogens (tertiary/aromatic N) is 4. The summed E-state index contributed by atoms with van der Waals surface area (Å²) in [5.41, 5.74) is 2.94. The molecule has 0 bridgehead atoms. The molecule has 0 unspecified atom stereocenters. The Morgan fingerprint density at radius 2 is 2.12 bits per heavy atom. The van der Waals surface area contributed by atoms with E-state index in [1.54, 1.807) is 18.3 Å². The van der Waals surface area contributed by atoms with Crippen molar-refractivity contribution >= 4 is 5.82 Å². The highest BCUT2D eigenvalue weighted by Crippen LogP contribution is 2.22. The van der Waals surface area contributed by atoms with Gasteiger partial charge in [-0.25, -0.2) is 4.39 Å². The molecule has 3 heterocycles. The van der Waals surface area contributed by atoms with Crippen LogP contribution in [0.25, 0.3) is 11.3 Å². The summed E-state index contributed by atoms with van der Waals surface area (Å²) in [6, 6.07) is 10.8. The fourth-order valence-corrected chi connectivity index (χ4v) is 3.38. The lowest BCUT2D eigenvalue weighted by molar-refractivity contribution is 0.419. The second-order valence-corrected chi connectivity index (χ2v) is 6.53. The van der Waals surface area contributed by atoms with Crippen LogP contribution < -0.4 is 10.2 Å². The fourth-order valence-electron chi connectivity index (χ4n) is 3.38. The van der Waals surface area contributed by atoms with Gasteiger partial charge in [0.25, 0.3) is 0 Å². The molecule has 1 fully saturated rings. The van der Waals surface area contributed by atoms with Crippen molar-refractivity contribution in [1.82, 2.24) is 25.7 Å². The van der Waals surface area contributed by atoms with Gasteiger partial charge in [-0.05, 0) is 49.2 Å². The summed E-state index contributed by atoms with van der Waals surface area (Å²) in [6.45, 7) is 2.62. The molecular weight excluding hydrogens is 331 g/mol. The van der Waals surface area contributed by atoms with Crippen LogP contribution >= 0.6 is 0 Å². The standard InChI is InChI=1S/C19H21FN6/c20-16-7-5-14(6-8-16)19-15(12-23-25-19)11-21-17-3-2-10-26(13-17)18-4-1-9-22-24-18/h1,4-9,12,17,21H,2-3,10-11,13H2,(H,23,25)/t17-/m0/s1. The van der Waals surface area contributed by atoms with Gasteiger partial charge in [0.2, 0.25) is 0 Å². The first kappa shape index (κ1) is 16.7. The third-order valence-electron chi connectivity index (χ3n) is 4.74. The quantitative estimate of drug-likeness (QED) is 0.739. The molecule has 2 aromatic heterocycles. The first-order chi connectivity index (χ1) is 12.8. The number of nitrogens with one attached hydrogen (secondary N) is 2. The number of benzene rings is 1. The van der Waals surface area contributed by atoms with Gasteiger partial charge in [-0.3, -0.25) is 5.10 Å². The molecule has 0 aliphatic carbocycles. The first-order valence-electron chi connectivity index (χ1n) is 8.84. The molecule has 1 aliphatic heterocycles. The monoisotopic (exact) mass is 352 g/mol. The number of hydrogen-bond acceptors (Lipinski definition) is 5. The number of anilines is 1. The van der Waals surface area contributed by atoms with E-state index in [-0.39, 0.29) is 5.82 Å². The summed E-state index contributed by atoms with van der Waals surface area (Å²) < 4.78 is 13.1. The van der Waals surface area contributed by atoms with Crippen molar-refractivity contribution in [2.75, 3.05) is 18.0 Å². The molecule has 0 radical (unpaired) electrons. The number of halogens is 1. The van der Waals surface area contributed by atoms with E-state index < -0.39 is 0 Å². The van der Waals surface area contributed by atoms with Gasteiger partial charge in [-0.15, -0.1) is 5.10 Å². The smallest absolute Gasteiger partial charge is 0.151 e. The van der Waals surface area contributed by atoms with Crippen LogP contribution in [0.5, 0.6) is 0 Å². The molecular formula is C19H21FN6. The predicted molar refractivity (Wildman–Crippen MR) is 98.1 cm³/mol. The van der Waals surface area contributed by atoms with Gasteiger partial charge in [-0.2, -0.15) is 10.2 Å². The minimum Gasteiger partial charge on any atom is -0.354 e. The minimum atomic E-state index is -0.237. The number of rotatable bonds is 5. The Morgan fingerprint density at radius 1 is 1.23 bits per heavy atom. The largest absolute Gasteiger partial charge is 0.354 e. The maximum Gasteiger partial charge on any atom is 0.151 e. The minimum absolute atomic E-state index is 0.237. The molecule has 1 aromatic carbocycles. The fraction of sp³-hybridized carbons (Fsp3) is 0.316. The first-order valence-corrected chi connectivity index (χ1v) is 8.84.